The molecule has 5 nitrogen and oxygen atoms in total. The Hall–Kier alpha value is -1.69. The SMILES string of the molecule is CCC1CN(C(=NC)NCC(=O)N(CC)Cc2ccccc2)CCS1. The van der Waals surface area contributed by atoms with Crippen LogP contribution in [-0.2, 0) is 11.3 Å². The molecular formula is C19H30N4OS. The van der Waals surface area contributed by atoms with Gasteiger partial charge in [-0.2, -0.15) is 11.8 Å². The van der Waals surface area contributed by atoms with Gasteiger partial charge in [0.25, 0.3) is 0 Å². The van der Waals surface area contributed by atoms with Crippen molar-refractivity contribution in [2.24, 2.45) is 4.99 Å². The Morgan fingerprint density at radius 2 is 2.12 bits per heavy atom. The lowest BCUT2D eigenvalue weighted by atomic mass is 10.2. The molecule has 1 amide bonds. The molecule has 1 N–H and O–H groups in total. The summed E-state index contributed by atoms with van der Waals surface area (Å²) in [5.41, 5.74) is 1.15. The molecule has 0 saturated carbocycles. The molecule has 1 aliphatic rings. The fourth-order valence-corrected chi connectivity index (χ4v) is 4.12. The summed E-state index contributed by atoms with van der Waals surface area (Å²) in [5.74, 6) is 2.05. The van der Waals surface area contributed by atoms with Gasteiger partial charge in [0.2, 0.25) is 5.91 Å². The van der Waals surface area contributed by atoms with Crippen molar-refractivity contribution in [3.63, 3.8) is 0 Å². The number of amides is 1. The van der Waals surface area contributed by atoms with Crippen LogP contribution in [0.4, 0.5) is 0 Å². The third-order valence-corrected chi connectivity index (χ3v) is 5.83. The van der Waals surface area contributed by atoms with E-state index in [2.05, 4.69) is 34.3 Å². The fourth-order valence-electron chi connectivity index (χ4n) is 2.94. The van der Waals surface area contributed by atoms with E-state index >= 15 is 0 Å². The summed E-state index contributed by atoms with van der Waals surface area (Å²) in [4.78, 5) is 21.1. The van der Waals surface area contributed by atoms with Crippen LogP contribution in [-0.4, -0.2) is 65.9 Å². The average molecular weight is 363 g/mol. The largest absolute Gasteiger partial charge is 0.347 e. The number of nitrogens with zero attached hydrogens (tertiary/aromatic N) is 3. The molecule has 0 radical (unpaired) electrons. The van der Waals surface area contributed by atoms with E-state index in [1.807, 2.05) is 41.8 Å². The van der Waals surface area contributed by atoms with E-state index in [4.69, 9.17) is 0 Å². The summed E-state index contributed by atoms with van der Waals surface area (Å²) in [5, 5.41) is 3.91. The van der Waals surface area contributed by atoms with Crippen LogP contribution in [0.15, 0.2) is 35.3 Å². The number of carbonyl (C=O) groups excluding carboxylic acids is 1. The number of nitrogens with one attached hydrogen (secondary N) is 1. The number of thioether (sulfide) groups is 1. The van der Waals surface area contributed by atoms with E-state index in [0.717, 1.165) is 36.8 Å². The maximum absolute atomic E-state index is 12.6. The Kier molecular flexibility index (Phi) is 8.12. The second kappa shape index (κ2) is 10.3. The zero-order valence-corrected chi connectivity index (χ0v) is 16.4. The average Bonchev–Trinajstić information content (AvgIpc) is 2.67. The lowest BCUT2D eigenvalue weighted by molar-refractivity contribution is -0.130. The predicted octanol–water partition coefficient (Wildman–Crippen LogP) is 2.44. The minimum atomic E-state index is 0.103. The first kappa shape index (κ1) is 19.6. The third-order valence-electron chi connectivity index (χ3n) is 4.45. The Bertz CT molecular complexity index is 564. The van der Waals surface area contributed by atoms with Crippen molar-refractivity contribution >= 4 is 23.6 Å². The first-order chi connectivity index (χ1) is 12.2. The molecule has 6 heteroatoms. The van der Waals surface area contributed by atoms with Crippen LogP contribution in [0.25, 0.3) is 0 Å². The Balaban J connectivity index is 1.87. The number of guanidine groups is 1. The van der Waals surface area contributed by atoms with Gasteiger partial charge < -0.3 is 15.1 Å². The smallest absolute Gasteiger partial charge is 0.242 e. The van der Waals surface area contributed by atoms with Gasteiger partial charge in [-0.25, -0.2) is 0 Å². The quantitative estimate of drug-likeness (QED) is 0.624. The highest BCUT2D eigenvalue weighted by Gasteiger charge is 2.22. The number of likely N-dealkylation sites (N-methyl/N-ethyl adjacent to an activating group) is 1. The topological polar surface area (TPSA) is 47.9 Å². The Labute approximate surface area is 155 Å². The third kappa shape index (κ3) is 5.96. The monoisotopic (exact) mass is 362 g/mol. The summed E-state index contributed by atoms with van der Waals surface area (Å²) in [7, 11) is 1.79. The number of aliphatic imine (C=N–C) groups is 1. The molecule has 2 rings (SSSR count). The minimum absolute atomic E-state index is 0.103. The zero-order valence-electron chi connectivity index (χ0n) is 15.6. The molecule has 1 aliphatic heterocycles. The summed E-state index contributed by atoms with van der Waals surface area (Å²) in [6.07, 6.45) is 1.16. The highest BCUT2D eigenvalue weighted by Crippen LogP contribution is 2.20. The molecule has 1 fully saturated rings. The molecule has 0 aliphatic carbocycles. The van der Waals surface area contributed by atoms with Crippen molar-refractivity contribution in [3.8, 4) is 0 Å². The van der Waals surface area contributed by atoms with E-state index in [0.29, 0.717) is 18.3 Å². The second-order valence-electron chi connectivity index (χ2n) is 6.14. The van der Waals surface area contributed by atoms with E-state index in [9.17, 15) is 4.79 Å². The van der Waals surface area contributed by atoms with Gasteiger partial charge in [0, 0.05) is 44.2 Å². The normalized spacial score (nSPS) is 18.1. The van der Waals surface area contributed by atoms with Crippen molar-refractivity contribution in [1.82, 2.24) is 15.1 Å². The highest BCUT2D eigenvalue weighted by molar-refractivity contribution is 8.00. The first-order valence-corrected chi connectivity index (χ1v) is 10.1. The molecule has 1 atom stereocenters. The van der Waals surface area contributed by atoms with Gasteiger partial charge in [0.15, 0.2) is 5.96 Å². The van der Waals surface area contributed by atoms with Crippen molar-refractivity contribution < 1.29 is 4.79 Å². The van der Waals surface area contributed by atoms with Crippen LogP contribution in [0.2, 0.25) is 0 Å². The molecule has 0 spiro atoms. The fraction of sp³-hybridized carbons (Fsp3) is 0.579. The van der Waals surface area contributed by atoms with Gasteiger partial charge in [0.1, 0.15) is 0 Å². The number of hydrogen-bond donors (Lipinski definition) is 1. The lowest BCUT2D eigenvalue weighted by Gasteiger charge is -2.34. The van der Waals surface area contributed by atoms with Crippen LogP contribution in [0.3, 0.4) is 0 Å². The Morgan fingerprint density at radius 3 is 2.76 bits per heavy atom. The number of carbonyl (C=O) groups is 1. The lowest BCUT2D eigenvalue weighted by Crippen LogP contribution is -2.50. The minimum Gasteiger partial charge on any atom is -0.347 e. The van der Waals surface area contributed by atoms with Crippen LogP contribution >= 0.6 is 11.8 Å². The molecule has 1 heterocycles. The van der Waals surface area contributed by atoms with Crippen molar-refractivity contribution in [2.75, 3.05) is 39.0 Å². The molecular weight excluding hydrogens is 332 g/mol. The maximum Gasteiger partial charge on any atom is 0.242 e. The van der Waals surface area contributed by atoms with E-state index in [1.165, 1.54) is 0 Å². The summed E-state index contributed by atoms with van der Waals surface area (Å²) >= 11 is 2.03. The van der Waals surface area contributed by atoms with E-state index < -0.39 is 0 Å². The highest BCUT2D eigenvalue weighted by atomic mass is 32.2. The first-order valence-electron chi connectivity index (χ1n) is 9.06. The van der Waals surface area contributed by atoms with Gasteiger partial charge in [0.05, 0.1) is 6.54 Å². The zero-order chi connectivity index (χ0) is 18.1. The standard InChI is InChI=1S/C19H30N4OS/c1-4-17-15-23(11-12-25-17)19(20-3)21-13-18(24)22(5-2)14-16-9-7-6-8-10-16/h6-10,17H,4-5,11-15H2,1-3H3,(H,20,21). The molecule has 1 unspecified atom stereocenters. The van der Waals surface area contributed by atoms with Crippen LogP contribution < -0.4 is 5.32 Å². The molecule has 138 valence electrons. The molecule has 1 aromatic rings. The molecule has 1 saturated heterocycles. The van der Waals surface area contributed by atoms with Crippen LogP contribution in [0.5, 0.6) is 0 Å². The van der Waals surface area contributed by atoms with Crippen molar-refractivity contribution in [2.45, 2.75) is 32.1 Å². The van der Waals surface area contributed by atoms with Crippen molar-refractivity contribution in [3.05, 3.63) is 35.9 Å². The Morgan fingerprint density at radius 1 is 1.36 bits per heavy atom. The number of benzene rings is 1. The maximum atomic E-state index is 12.6. The van der Waals surface area contributed by atoms with Crippen LogP contribution in [0, 0.1) is 0 Å². The van der Waals surface area contributed by atoms with Gasteiger partial charge in [-0.15, -0.1) is 0 Å². The second-order valence-corrected chi connectivity index (χ2v) is 7.55. The number of rotatable bonds is 6. The summed E-state index contributed by atoms with van der Waals surface area (Å²) < 4.78 is 0. The van der Waals surface area contributed by atoms with Gasteiger partial charge in [-0.3, -0.25) is 9.79 Å². The molecule has 1 aromatic carbocycles. The van der Waals surface area contributed by atoms with Crippen LogP contribution in [0.1, 0.15) is 25.8 Å². The predicted molar refractivity (Wildman–Crippen MR) is 107 cm³/mol. The molecule has 0 aromatic heterocycles. The number of hydrogen-bond acceptors (Lipinski definition) is 3. The molecule has 25 heavy (non-hydrogen) atoms. The molecule has 0 bridgehead atoms. The summed E-state index contributed by atoms with van der Waals surface area (Å²) in [6.45, 7) is 7.86. The van der Waals surface area contributed by atoms with Gasteiger partial charge in [-0.1, -0.05) is 37.3 Å². The van der Waals surface area contributed by atoms with Crippen molar-refractivity contribution in [1.29, 1.82) is 0 Å². The summed E-state index contributed by atoms with van der Waals surface area (Å²) in [6, 6.07) is 10.1. The van der Waals surface area contributed by atoms with E-state index in [1.54, 1.807) is 7.05 Å². The van der Waals surface area contributed by atoms with Gasteiger partial charge in [-0.05, 0) is 18.9 Å². The van der Waals surface area contributed by atoms with Gasteiger partial charge >= 0.3 is 0 Å². The van der Waals surface area contributed by atoms with E-state index in [-0.39, 0.29) is 12.5 Å².